The van der Waals surface area contributed by atoms with Gasteiger partial charge in [0.05, 0.1) is 0 Å². The van der Waals surface area contributed by atoms with E-state index >= 15 is 0 Å². The molecule has 2 aliphatic carbocycles. The lowest BCUT2D eigenvalue weighted by atomic mass is 10.3. The van der Waals surface area contributed by atoms with E-state index in [1.807, 2.05) is 0 Å². The van der Waals surface area contributed by atoms with Gasteiger partial charge >= 0.3 is 18.0 Å². The molecule has 2 fully saturated rings. The van der Waals surface area contributed by atoms with Gasteiger partial charge in [0.15, 0.2) is 0 Å². The lowest BCUT2D eigenvalue weighted by molar-refractivity contribution is -0.140. The van der Waals surface area contributed by atoms with Gasteiger partial charge in [-0.25, -0.2) is 4.79 Å². The number of nitrogens with zero attached hydrogens (tertiary/aromatic N) is 2. The third-order valence-corrected chi connectivity index (χ3v) is 3.31. The topological polar surface area (TPSA) is 98.1 Å². The van der Waals surface area contributed by atoms with Crippen LogP contribution in [0.5, 0.6) is 0 Å². The molecule has 0 aromatic heterocycles. The summed E-state index contributed by atoms with van der Waals surface area (Å²) in [5, 5.41) is 17.5. The molecular formula is C12H18N2O5. The van der Waals surface area contributed by atoms with E-state index < -0.39 is 31.1 Å². The summed E-state index contributed by atoms with van der Waals surface area (Å²) in [6.45, 7) is -0.517. The number of hydrogen-bond acceptors (Lipinski definition) is 3. The van der Waals surface area contributed by atoms with Gasteiger partial charge in [0.25, 0.3) is 0 Å². The predicted octanol–water partition coefficient (Wildman–Crippen LogP) is 0.452. The molecule has 0 aromatic rings. The molecule has 19 heavy (non-hydrogen) atoms. The van der Waals surface area contributed by atoms with Gasteiger partial charge < -0.3 is 20.0 Å². The molecule has 0 unspecified atom stereocenters. The van der Waals surface area contributed by atoms with Gasteiger partial charge in [-0.05, 0) is 31.6 Å². The molecule has 7 nitrogen and oxygen atoms in total. The number of amides is 2. The molecule has 0 bridgehead atoms. The molecule has 0 aliphatic heterocycles. The molecule has 2 saturated carbocycles. The van der Waals surface area contributed by atoms with Crippen LogP contribution in [0.2, 0.25) is 0 Å². The fourth-order valence-electron chi connectivity index (χ4n) is 2.05. The number of rotatable bonds is 7. The summed E-state index contributed by atoms with van der Waals surface area (Å²) in [5.74, 6) is -1.89. The average Bonchev–Trinajstić information content (AvgIpc) is 3.14. The van der Waals surface area contributed by atoms with Gasteiger partial charge in [0, 0.05) is 12.6 Å². The highest BCUT2D eigenvalue weighted by Crippen LogP contribution is 2.35. The van der Waals surface area contributed by atoms with Gasteiger partial charge in [-0.3, -0.25) is 9.59 Å². The van der Waals surface area contributed by atoms with Crippen LogP contribution in [0.1, 0.15) is 25.7 Å². The maximum absolute atomic E-state index is 12.3. The zero-order chi connectivity index (χ0) is 14.0. The van der Waals surface area contributed by atoms with Crippen molar-refractivity contribution in [2.45, 2.75) is 31.7 Å². The van der Waals surface area contributed by atoms with E-state index in [4.69, 9.17) is 10.2 Å². The van der Waals surface area contributed by atoms with Crippen LogP contribution in [0, 0.1) is 5.92 Å². The Morgan fingerprint density at radius 2 is 1.47 bits per heavy atom. The van der Waals surface area contributed by atoms with Crippen molar-refractivity contribution >= 4 is 18.0 Å². The molecule has 0 radical (unpaired) electrons. The molecule has 0 aromatic carbocycles. The molecule has 2 N–H and O–H groups in total. The van der Waals surface area contributed by atoms with Crippen molar-refractivity contribution in [3.05, 3.63) is 0 Å². The van der Waals surface area contributed by atoms with E-state index in [0.29, 0.717) is 12.5 Å². The number of hydrogen-bond donors (Lipinski definition) is 2. The first-order valence-electron chi connectivity index (χ1n) is 6.46. The van der Waals surface area contributed by atoms with Gasteiger partial charge in [-0.1, -0.05) is 0 Å². The Morgan fingerprint density at radius 1 is 0.947 bits per heavy atom. The number of carbonyl (C=O) groups excluding carboxylic acids is 1. The lowest BCUT2D eigenvalue weighted by Crippen LogP contribution is -2.48. The SMILES string of the molecule is O=C(O)CN(CC(=O)O)C(=O)N(CC1CC1)C1CC1. The fourth-order valence-corrected chi connectivity index (χ4v) is 2.05. The summed E-state index contributed by atoms with van der Waals surface area (Å²) in [4.78, 5) is 36.3. The van der Waals surface area contributed by atoms with E-state index in [1.165, 1.54) is 0 Å². The maximum Gasteiger partial charge on any atom is 0.323 e. The van der Waals surface area contributed by atoms with Crippen molar-refractivity contribution in [2.24, 2.45) is 5.92 Å². The summed E-state index contributed by atoms with van der Waals surface area (Å²) in [6, 6.07) is -0.294. The maximum atomic E-state index is 12.3. The Bertz CT molecular complexity index is 374. The summed E-state index contributed by atoms with van der Waals surface area (Å²) in [5.41, 5.74) is 0. The first-order valence-corrected chi connectivity index (χ1v) is 6.46. The zero-order valence-corrected chi connectivity index (χ0v) is 10.6. The van der Waals surface area contributed by atoms with Crippen molar-refractivity contribution in [3.63, 3.8) is 0 Å². The molecule has 106 valence electrons. The minimum atomic E-state index is -1.20. The monoisotopic (exact) mass is 270 g/mol. The highest BCUT2D eigenvalue weighted by atomic mass is 16.4. The van der Waals surface area contributed by atoms with Gasteiger partial charge in [0.2, 0.25) is 0 Å². The van der Waals surface area contributed by atoms with Crippen LogP contribution in [-0.2, 0) is 9.59 Å². The second kappa shape index (κ2) is 5.46. The Labute approximate surface area is 110 Å². The van der Waals surface area contributed by atoms with Crippen LogP contribution in [0.25, 0.3) is 0 Å². The zero-order valence-electron chi connectivity index (χ0n) is 10.6. The van der Waals surface area contributed by atoms with Gasteiger partial charge in [-0.2, -0.15) is 0 Å². The third-order valence-electron chi connectivity index (χ3n) is 3.31. The van der Waals surface area contributed by atoms with Crippen LogP contribution in [0.3, 0.4) is 0 Å². The summed E-state index contributed by atoms with van der Waals surface area (Å²) in [7, 11) is 0. The molecule has 0 atom stereocenters. The predicted molar refractivity (Wildman–Crippen MR) is 64.7 cm³/mol. The Morgan fingerprint density at radius 3 is 1.84 bits per heavy atom. The van der Waals surface area contributed by atoms with E-state index in [9.17, 15) is 14.4 Å². The van der Waals surface area contributed by atoms with Crippen LogP contribution in [0.15, 0.2) is 0 Å². The fraction of sp³-hybridized carbons (Fsp3) is 0.750. The van der Waals surface area contributed by atoms with Crippen molar-refractivity contribution < 1.29 is 24.6 Å². The Balaban J connectivity index is 2.01. The van der Waals surface area contributed by atoms with Crippen molar-refractivity contribution in [1.29, 1.82) is 0 Å². The Hall–Kier alpha value is -1.79. The highest BCUT2D eigenvalue weighted by Gasteiger charge is 2.38. The Kier molecular flexibility index (Phi) is 3.92. The normalized spacial score (nSPS) is 17.9. The average molecular weight is 270 g/mol. The molecule has 2 rings (SSSR count). The molecular weight excluding hydrogens is 252 g/mol. The van der Waals surface area contributed by atoms with Gasteiger partial charge in [-0.15, -0.1) is 0 Å². The number of urea groups is 1. The largest absolute Gasteiger partial charge is 0.480 e. The van der Waals surface area contributed by atoms with Crippen molar-refractivity contribution in [3.8, 4) is 0 Å². The summed E-state index contributed by atoms with van der Waals surface area (Å²) >= 11 is 0. The summed E-state index contributed by atoms with van der Waals surface area (Å²) in [6.07, 6.45) is 4.03. The first kappa shape index (κ1) is 13.6. The number of aliphatic carboxylic acids is 2. The quantitative estimate of drug-likeness (QED) is 0.700. The lowest BCUT2D eigenvalue weighted by Gasteiger charge is -2.29. The standard InChI is InChI=1S/C12H18N2O5/c15-10(16)6-13(7-11(17)18)12(19)14(9-3-4-9)5-8-1-2-8/h8-9H,1-7H2,(H,15,16)(H,17,18). The molecule has 0 saturated heterocycles. The van der Waals surface area contributed by atoms with E-state index in [2.05, 4.69) is 0 Å². The van der Waals surface area contributed by atoms with Crippen molar-refractivity contribution in [2.75, 3.05) is 19.6 Å². The van der Waals surface area contributed by atoms with Crippen LogP contribution in [0.4, 0.5) is 4.79 Å². The van der Waals surface area contributed by atoms with Crippen molar-refractivity contribution in [1.82, 2.24) is 9.80 Å². The summed E-state index contributed by atoms with van der Waals surface area (Å²) < 4.78 is 0. The van der Waals surface area contributed by atoms with E-state index in [-0.39, 0.29) is 6.04 Å². The smallest absolute Gasteiger partial charge is 0.323 e. The molecule has 0 heterocycles. The number of carboxylic acids is 2. The minimum absolute atomic E-state index is 0.165. The van der Waals surface area contributed by atoms with E-state index in [0.717, 1.165) is 30.6 Å². The number of carboxylic acid groups (broad SMARTS) is 2. The highest BCUT2D eigenvalue weighted by molar-refractivity contribution is 5.84. The molecule has 2 aliphatic rings. The second-order valence-corrected chi connectivity index (χ2v) is 5.25. The van der Waals surface area contributed by atoms with Crippen LogP contribution < -0.4 is 0 Å². The van der Waals surface area contributed by atoms with Crippen LogP contribution in [-0.4, -0.2) is 63.7 Å². The second-order valence-electron chi connectivity index (χ2n) is 5.25. The first-order chi connectivity index (χ1) is 8.97. The van der Waals surface area contributed by atoms with Crippen LogP contribution >= 0.6 is 0 Å². The number of carbonyl (C=O) groups is 3. The van der Waals surface area contributed by atoms with E-state index in [1.54, 1.807) is 4.90 Å². The van der Waals surface area contributed by atoms with Gasteiger partial charge in [0.1, 0.15) is 13.1 Å². The molecule has 0 spiro atoms. The molecule has 2 amide bonds. The molecule has 7 heteroatoms. The minimum Gasteiger partial charge on any atom is -0.480 e. The third kappa shape index (κ3) is 4.11.